The topological polar surface area (TPSA) is 100 Å². The number of nitrogen functional groups attached to an aromatic ring is 1. The van der Waals surface area contributed by atoms with Crippen LogP contribution in [-0.4, -0.2) is 30.1 Å². The van der Waals surface area contributed by atoms with Gasteiger partial charge in [-0.15, -0.1) is 0 Å². The van der Waals surface area contributed by atoms with Crippen LogP contribution in [0.25, 0.3) is 22.2 Å². The van der Waals surface area contributed by atoms with E-state index in [1.807, 2.05) is 61.5 Å². The molecule has 8 heteroatoms. The van der Waals surface area contributed by atoms with Gasteiger partial charge >= 0.3 is 0 Å². The van der Waals surface area contributed by atoms with Crippen molar-refractivity contribution in [3.05, 3.63) is 83.4 Å². The van der Waals surface area contributed by atoms with Crippen molar-refractivity contribution in [1.82, 2.24) is 14.5 Å². The van der Waals surface area contributed by atoms with Gasteiger partial charge in [-0.1, -0.05) is 42.5 Å². The zero-order valence-electron chi connectivity index (χ0n) is 19.1. The molecule has 0 atom stereocenters. The van der Waals surface area contributed by atoms with Gasteiger partial charge in [0, 0.05) is 5.56 Å². The molecule has 0 saturated heterocycles. The van der Waals surface area contributed by atoms with Gasteiger partial charge in [0.15, 0.2) is 5.65 Å². The Morgan fingerprint density at radius 3 is 2.35 bits per heavy atom. The summed E-state index contributed by atoms with van der Waals surface area (Å²) < 4.78 is 35.2. The van der Waals surface area contributed by atoms with E-state index in [1.165, 1.54) is 0 Å². The zero-order valence-corrected chi connectivity index (χ0v) is 19.9. The van der Waals surface area contributed by atoms with Crippen LogP contribution in [0, 0.1) is 13.8 Å². The number of fused-ring (bicyclic) bond motifs is 2. The molecular formula is C26H24N4O3S. The minimum atomic E-state index is -3.98. The molecule has 0 unspecified atom stereocenters. The molecule has 7 nitrogen and oxygen atoms in total. The zero-order chi connectivity index (χ0) is 24.0. The summed E-state index contributed by atoms with van der Waals surface area (Å²) in [7, 11) is -2.39. The van der Waals surface area contributed by atoms with Crippen molar-refractivity contribution in [2.75, 3.05) is 12.8 Å². The van der Waals surface area contributed by atoms with E-state index in [-0.39, 0.29) is 27.7 Å². The lowest BCUT2D eigenvalue weighted by atomic mass is 10.2. The molecular weight excluding hydrogens is 448 g/mol. The first-order valence-corrected chi connectivity index (χ1v) is 12.3. The predicted octanol–water partition coefficient (Wildman–Crippen LogP) is 4.67. The number of nitrogens with zero attached hydrogens (tertiary/aromatic N) is 3. The van der Waals surface area contributed by atoms with Crippen molar-refractivity contribution in [3.63, 3.8) is 0 Å². The molecule has 0 aliphatic rings. The normalized spacial score (nSPS) is 11.9. The number of anilines is 1. The predicted molar refractivity (Wildman–Crippen MR) is 133 cm³/mol. The van der Waals surface area contributed by atoms with Gasteiger partial charge in [0.1, 0.15) is 22.0 Å². The van der Waals surface area contributed by atoms with Crippen molar-refractivity contribution in [2.24, 2.45) is 0 Å². The molecule has 0 spiro atoms. The van der Waals surface area contributed by atoms with E-state index < -0.39 is 9.84 Å². The maximum atomic E-state index is 14.0. The molecule has 5 aromatic rings. The fourth-order valence-corrected chi connectivity index (χ4v) is 6.05. The van der Waals surface area contributed by atoms with Gasteiger partial charge in [-0.05, 0) is 49.2 Å². The number of hydrogen-bond donors (Lipinski definition) is 1. The number of para-hydroxylation sites is 3. The Kier molecular flexibility index (Phi) is 5.25. The Morgan fingerprint density at radius 1 is 0.941 bits per heavy atom. The monoisotopic (exact) mass is 472 g/mol. The number of aryl methyl sites for hydroxylation is 2. The standard InChI is InChI=1S/C26H24N4O3S/c1-16-12-13-17(2)22(14-16)34(31,32)24-23-26(29-20-10-6-5-9-19(20)28-23)30(25(24)27)15-18-8-4-7-11-21(18)33-3/h4-14H,15,27H2,1-3H3. The average molecular weight is 473 g/mol. The Bertz CT molecular complexity index is 1670. The number of nitrogens with two attached hydrogens (primary N) is 1. The SMILES string of the molecule is COc1ccccc1Cn1c(N)c(S(=O)(=O)c2cc(C)ccc2C)c2nc3ccccc3nc21. The molecule has 0 fully saturated rings. The van der Waals surface area contributed by atoms with Crippen LogP contribution in [0.2, 0.25) is 0 Å². The highest BCUT2D eigenvalue weighted by atomic mass is 32.2. The third kappa shape index (κ3) is 3.47. The van der Waals surface area contributed by atoms with E-state index in [9.17, 15) is 8.42 Å². The molecule has 0 aliphatic carbocycles. The first-order valence-electron chi connectivity index (χ1n) is 10.8. The van der Waals surface area contributed by atoms with Crippen LogP contribution in [0.15, 0.2) is 76.5 Å². The second-order valence-corrected chi connectivity index (χ2v) is 10.1. The van der Waals surface area contributed by atoms with E-state index in [1.54, 1.807) is 30.7 Å². The van der Waals surface area contributed by atoms with E-state index in [0.717, 1.165) is 11.1 Å². The quantitative estimate of drug-likeness (QED) is 0.399. The van der Waals surface area contributed by atoms with Crippen molar-refractivity contribution in [1.29, 1.82) is 0 Å². The van der Waals surface area contributed by atoms with Gasteiger partial charge < -0.3 is 15.0 Å². The number of aromatic nitrogens is 3. The van der Waals surface area contributed by atoms with Gasteiger partial charge in [-0.25, -0.2) is 18.4 Å². The van der Waals surface area contributed by atoms with E-state index >= 15 is 0 Å². The van der Waals surface area contributed by atoms with E-state index in [0.29, 0.717) is 28.0 Å². The smallest absolute Gasteiger partial charge is 0.212 e. The second-order valence-electron chi connectivity index (χ2n) is 8.27. The first kappa shape index (κ1) is 21.9. The minimum Gasteiger partial charge on any atom is -0.496 e. The Hall–Kier alpha value is -3.91. The lowest BCUT2D eigenvalue weighted by molar-refractivity contribution is 0.408. The van der Waals surface area contributed by atoms with Crippen LogP contribution in [0.1, 0.15) is 16.7 Å². The van der Waals surface area contributed by atoms with Crippen LogP contribution in [0.3, 0.4) is 0 Å². The van der Waals surface area contributed by atoms with Crippen LogP contribution < -0.4 is 10.5 Å². The maximum Gasteiger partial charge on any atom is 0.212 e. The molecule has 2 aromatic heterocycles. The van der Waals surface area contributed by atoms with Gasteiger partial charge in [0.05, 0.1) is 29.6 Å². The average Bonchev–Trinajstić information content (AvgIpc) is 3.10. The van der Waals surface area contributed by atoms with Crippen molar-refractivity contribution in [3.8, 4) is 5.75 Å². The van der Waals surface area contributed by atoms with Crippen molar-refractivity contribution >= 4 is 37.9 Å². The Balaban J connectivity index is 1.84. The molecule has 34 heavy (non-hydrogen) atoms. The lowest BCUT2D eigenvalue weighted by Gasteiger charge is -2.12. The van der Waals surface area contributed by atoms with Crippen LogP contribution in [0.5, 0.6) is 5.75 Å². The second kappa shape index (κ2) is 8.14. The van der Waals surface area contributed by atoms with Crippen LogP contribution >= 0.6 is 0 Å². The molecule has 3 aromatic carbocycles. The molecule has 0 aliphatic heterocycles. The summed E-state index contributed by atoms with van der Waals surface area (Å²) in [6, 6.07) is 20.3. The minimum absolute atomic E-state index is 0.0237. The van der Waals surface area contributed by atoms with Crippen molar-refractivity contribution in [2.45, 2.75) is 30.2 Å². The van der Waals surface area contributed by atoms with E-state index in [2.05, 4.69) is 0 Å². The third-order valence-electron chi connectivity index (χ3n) is 5.97. The summed E-state index contributed by atoms with van der Waals surface area (Å²) >= 11 is 0. The van der Waals surface area contributed by atoms with E-state index in [4.69, 9.17) is 20.4 Å². The number of benzene rings is 3. The molecule has 2 N–H and O–H groups in total. The summed E-state index contributed by atoms with van der Waals surface area (Å²) in [4.78, 5) is 9.68. The third-order valence-corrected chi connectivity index (χ3v) is 7.93. The summed E-state index contributed by atoms with van der Waals surface area (Å²) in [6.07, 6.45) is 0. The van der Waals surface area contributed by atoms with Gasteiger partial charge in [0.25, 0.3) is 0 Å². The summed E-state index contributed by atoms with van der Waals surface area (Å²) in [6.45, 7) is 3.92. The van der Waals surface area contributed by atoms with Crippen LogP contribution in [0.4, 0.5) is 5.82 Å². The fourth-order valence-electron chi connectivity index (χ4n) is 4.22. The van der Waals surface area contributed by atoms with Crippen molar-refractivity contribution < 1.29 is 13.2 Å². The molecule has 5 rings (SSSR count). The highest BCUT2D eigenvalue weighted by Crippen LogP contribution is 2.37. The Morgan fingerprint density at radius 2 is 1.62 bits per heavy atom. The number of rotatable bonds is 5. The summed E-state index contributed by atoms with van der Waals surface area (Å²) in [5, 5.41) is 0. The highest BCUT2D eigenvalue weighted by Gasteiger charge is 2.31. The maximum absolute atomic E-state index is 14.0. The highest BCUT2D eigenvalue weighted by molar-refractivity contribution is 7.92. The van der Waals surface area contributed by atoms with Gasteiger partial charge in [-0.2, -0.15) is 0 Å². The number of sulfone groups is 1. The molecule has 0 saturated carbocycles. The van der Waals surface area contributed by atoms with Gasteiger partial charge in [0.2, 0.25) is 9.84 Å². The van der Waals surface area contributed by atoms with Gasteiger partial charge in [-0.3, -0.25) is 0 Å². The molecule has 2 heterocycles. The Labute approximate surface area is 197 Å². The first-order chi connectivity index (χ1) is 16.3. The molecule has 0 amide bonds. The number of ether oxygens (including phenoxy) is 1. The summed E-state index contributed by atoms with van der Waals surface area (Å²) in [5.41, 5.74) is 10.8. The molecule has 0 radical (unpaired) electrons. The number of methoxy groups -OCH3 is 1. The van der Waals surface area contributed by atoms with Crippen LogP contribution in [-0.2, 0) is 16.4 Å². The largest absolute Gasteiger partial charge is 0.496 e. The fraction of sp³-hybridized carbons (Fsp3) is 0.154. The lowest BCUT2D eigenvalue weighted by Crippen LogP contribution is -2.10. The molecule has 172 valence electrons. The number of hydrogen-bond acceptors (Lipinski definition) is 6. The summed E-state index contributed by atoms with van der Waals surface area (Å²) in [5.74, 6) is 0.772. The molecule has 0 bridgehead atoms.